The molecular formula is C27H50KO7P. The van der Waals surface area contributed by atoms with Gasteiger partial charge in [-0.15, -0.1) is 0 Å². The van der Waals surface area contributed by atoms with E-state index in [1.165, 1.54) is 101 Å². The summed E-state index contributed by atoms with van der Waals surface area (Å²) in [5.74, 6) is -0.912. The first kappa shape index (κ1) is 40.7. The molecular weight excluding hydrogens is 506 g/mol. The molecule has 206 valence electrons. The summed E-state index contributed by atoms with van der Waals surface area (Å²) in [7, 11) is -4.25. The zero-order chi connectivity index (χ0) is 26.8. The molecule has 0 bridgehead atoms. The van der Waals surface area contributed by atoms with Crippen molar-refractivity contribution >= 4 is 13.8 Å². The predicted octanol–water partition coefficient (Wildman–Crippen LogP) is 5.29. The van der Waals surface area contributed by atoms with E-state index in [9.17, 15) is 9.36 Å². The average Bonchev–Trinajstić information content (AvgIpc) is 2.82. The summed E-state index contributed by atoms with van der Waals surface area (Å²) >= 11 is 0. The van der Waals surface area contributed by atoms with Gasteiger partial charge in [-0.3, -0.25) is 4.52 Å². The van der Waals surface area contributed by atoms with Crippen LogP contribution < -0.4 is 51.4 Å². The number of aromatic hydroxyl groups is 1. The average molecular weight is 557 g/mol. The summed E-state index contributed by atoms with van der Waals surface area (Å²) in [6, 6.07) is 5.36. The van der Waals surface area contributed by atoms with E-state index >= 15 is 0 Å². The Morgan fingerprint density at radius 1 is 0.778 bits per heavy atom. The number of rotatable bonds is 18. The van der Waals surface area contributed by atoms with Crippen LogP contribution in [-0.4, -0.2) is 32.6 Å². The molecule has 0 unspecified atom stereocenters. The van der Waals surface area contributed by atoms with Crippen molar-refractivity contribution in [1.82, 2.24) is 0 Å². The minimum absolute atomic E-state index is 0. The number of phenols is 1. The topological polar surface area (TPSA) is 124 Å². The molecule has 0 amide bonds. The quantitative estimate of drug-likeness (QED) is 0.0838. The van der Waals surface area contributed by atoms with Gasteiger partial charge in [0.05, 0.1) is 12.2 Å². The first-order valence-electron chi connectivity index (χ1n) is 13.2. The molecule has 0 fully saturated rings. The number of benzene rings is 1. The third kappa shape index (κ3) is 34.2. The van der Waals surface area contributed by atoms with Crippen LogP contribution in [0.3, 0.4) is 0 Å². The Morgan fingerprint density at radius 3 is 1.44 bits per heavy atom. The van der Waals surface area contributed by atoms with Gasteiger partial charge in [0.2, 0.25) is 0 Å². The molecule has 0 aliphatic carbocycles. The van der Waals surface area contributed by atoms with Crippen molar-refractivity contribution in [3.8, 4) is 5.75 Å². The smallest absolute Gasteiger partial charge is 0.508 e. The van der Waals surface area contributed by atoms with Crippen molar-refractivity contribution in [2.45, 2.75) is 117 Å². The van der Waals surface area contributed by atoms with Gasteiger partial charge in [0.1, 0.15) is 5.75 Å². The fraction of sp³-hybridized carbons (Fsp3) is 0.704. The maximum Gasteiger partial charge on any atom is 1.00 e. The van der Waals surface area contributed by atoms with Crippen LogP contribution in [0.5, 0.6) is 5.75 Å². The van der Waals surface area contributed by atoms with Gasteiger partial charge < -0.3 is 26.9 Å². The SMILES string of the molecule is CCCCCCCCCCCCCCCCOP(=O)(O)O.O=C(O)c1ccc(O)cc1.[CH2-]CCC.[K+]. The molecule has 0 aromatic heterocycles. The normalized spacial score (nSPS) is 10.4. The molecule has 1 rings (SSSR count). The van der Waals surface area contributed by atoms with E-state index in [2.05, 4.69) is 25.3 Å². The van der Waals surface area contributed by atoms with Crippen molar-refractivity contribution in [1.29, 1.82) is 0 Å². The van der Waals surface area contributed by atoms with Crippen molar-refractivity contribution in [3.63, 3.8) is 0 Å². The minimum atomic E-state index is -4.25. The van der Waals surface area contributed by atoms with Gasteiger partial charge in [-0.25, -0.2) is 9.36 Å². The van der Waals surface area contributed by atoms with Crippen molar-refractivity contribution in [2.75, 3.05) is 6.61 Å². The molecule has 0 radical (unpaired) electrons. The zero-order valence-electron chi connectivity index (χ0n) is 23.0. The van der Waals surface area contributed by atoms with Gasteiger partial charge in [-0.1, -0.05) is 104 Å². The van der Waals surface area contributed by atoms with Crippen LogP contribution in [0.2, 0.25) is 0 Å². The third-order valence-corrected chi connectivity index (χ3v) is 5.74. The van der Waals surface area contributed by atoms with Gasteiger partial charge in [0, 0.05) is 0 Å². The van der Waals surface area contributed by atoms with Crippen LogP contribution in [0.15, 0.2) is 24.3 Å². The summed E-state index contributed by atoms with van der Waals surface area (Å²) in [5.41, 5.74) is 0.179. The van der Waals surface area contributed by atoms with Gasteiger partial charge >= 0.3 is 65.2 Å². The second kappa shape index (κ2) is 29.8. The number of phosphoric acid groups is 1. The molecule has 4 N–H and O–H groups in total. The number of hydrogen-bond acceptors (Lipinski definition) is 4. The molecule has 0 atom stereocenters. The molecule has 9 heteroatoms. The van der Waals surface area contributed by atoms with Crippen LogP contribution in [0, 0.1) is 6.92 Å². The van der Waals surface area contributed by atoms with Crippen molar-refractivity contribution in [3.05, 3.63) is 36.8 Å². The number of phosphoric ester groups is 1. The molecule has 0 heterocycles. The van der Waals surface area contributed by atoms with Crippen LogP contribution in [-0.2, 0) is 9.09 Å². The molecule has 0 spiro atoms. The number of hydrogen-bond donors (Lipinski definition) is 4. The maximum atomic E-state index is 10.4. The first-order chi connectivity index (χ1) is 16.7. The zero-order valence-corrected chi connectivity index (χ0v) is 27.0. The van der Waals surface area contributed by atoms with E-state index in [-0.39, 0.29) is 69.3 Å². The number of carboxylic acids is 1. The molecule has 7 nitrogen and oxygen atoms in total. The summed E-state index contributed by atoms with van der Waals surface area (Å²) in [6.45, 7) is 8.15. The Morgan fingerprint density at radius 2 is 1.14 bits per heavy atom. The molecule has 0 saturated carbocycles. The standard InChI is InChI=1S/C16H35O4P.C7H6O3.C4H9.K/c1-2-3-4-5-6-7-8-9-10-11-12-13-14-15-16-20-21(17,18)19;8-6-3-1-5(2-4-6)7(9)10;1-3-4-2;/h2-16H2,1H3,(H2,17,18,19);1-4,8H,(H,9,10);1,3-4H2,2H3;/q;;-1;+1. The Balaban J connectivity index is -0.000000598. The molecule has 36 heavy (non-hydrogen) atoms. The Bertz CT molecular complexity index is 634. The van der Waals surface area contributed by atoms with E-state index in [1.807, 2.05) is 0 Å². The second-order valence-corrected chi connectivity index (χ2v) is 9.86. The maximum absolute atomic E-state index is 10.4. The fourth-order valence-corrected chi connectivity index (χ4v) is 3.45. The molecule has 0 aliphatic rings. The summed E-state index contributed by atoms with van der Waals surface area (Å²) in [4.78, 5) is 27.3. The van der Waals surface area contributed by atoms with Gasteiger partial charge in [0.15, 0.2) is 0 Å². The number of carbonyl (C=O) groups is 1. The molecule has 1 aromatic carbocycles. The Labute approximate surface area is 262 Å². The van der Waals surface area contributed by atoms with E-state index in [1.54, 1.807) is 0 Å². The van der Waals surface area contributed by atoms with Gasteiger partial charge in [-0.2, -0.15) is 6.42 Å². The third-order valence-electron chi connectivity index (χ3n) is 5.23. The van der Waals surface area contributed by atoms with Crippen LogP contribution >= 0.6 is 7.82 Å². The number of carboxylic acid groups (broad SMARTS) is 1. The Hall–Kier alpha value is 0.236. The van der Waals surface area contributed by atoms with E-state index in [4.69, 9.17) is 20.0 Å². The monoisotopic (exact) mass is 556 g/mol. The van der Waals surface area contributed by atoms with Crippen LogP contribution in [0.4, 0.5) is 0 Å². The number of phenolic OH excluding ortho intramolecular Hbond substituents is 1. The van der Waals surface area contributed by atoms with Crippen LogP contribution in [0.1, 0.15) is 127 Å². The predicted molar refractivity (Wildman–Crippen MR) is 144 cm³/mol. The van der Waals surface area contributed by atoms with E-state index in [0.717, 1.165) is 25.7 Å². The van der Waals surface area contributed by atoms with Crippen LogP contribution in [0.25, 0.3) is 0 Å². The summed E-state index contributed by atoms with van der Waals surface area (Å²) in [5, 5.41) is 17.1. The summed E-state index contributed by atoms with van der Waals surface area (Å²) < 4.78 is 14.8. The molecule has 0 aliphatic heterocycles. The number of unbranched alkanes of at least 4 members (excludes halogenated alkanes) is 14. The largest absolute Gasteiger partial charge is 1.00 e. The fourth-order valence-electron chi connectivity index (χ4n) is 3.08. The van der Waals surface area contributed by atoms with Gasteiger partial charge in [-0.05, 0) is 30.7 Å². The molecule has 1 aromatic rings. The van der Waals surface area contributed by atoms with Crippen molar-refractivity contribution < 1.29 is 85.3 Å². The molecule has 0 saturated heterocycles. The summed E-state index contributed by atoms with van der Waals surface area (Å²) in [6.07, 6.45) is 20.1. The minimum Gasteiger partial charge on any atom is -0.508 e. The Kier molecular flexibility index (Phi) is 33.7. The van der Waals surface area contributed by atoms with E-state index in [0.29, 0.717) is 0 Å². The van der Waals surface area contributed by atoms with Crippen molar-refractivity contribution in [2.24, 2.45) is 0 Å². The number of aromatic carboxylic acids is 1. The first-order valence-corrected chi connectivity index (χ1v) is 14.7. The van der Waals surface area contributed by atoms with E-state index < -0.39 is 13.8 Å². The second-order valence-electron chi connectivity index (χ2n) is 8.63. The van der Waals surface area contributed by atoms with Gasteiger partial charge in [0.25, 0.3) is 0 Å².